The summed E-state index contributed by atoms with van der Waals surface area (Å²) in [6, 6.07) is 17.8. The Balaban J connectivity index is 1.61. The topological polar surface area (TPSA) is 75.3 Å². The maximum Gasteiger partial charge on any atom is 0.262 e. The first-order chi connectivity index (χ1) is 15.7. The van der Waals surface area contributed by atoms with Crippen LogP contribution in [0.3, 0.4) is 0 Å². The standard InChI is InChI=1S/C25H27ClN2O3S2/c1-17-9-11-22(14-19(17)3)28-33(30,31)24-15-20(10-8-18(24)2)25(29)27-12-13-32-16-21-6-4-5-7-23(21)26/h4-11,14-15,28H,12-13,16H2,1-3H3,(H,27,29). The van der Waals surface area contributed by atoms with Gasteiger partial charge in [-0.05, 0) is 73.4 Å². The molecule has 3 aromatic carbocycles. The Bertz CT molecular complexity index is 1260. The number of halogens is 1. The predicted octanol–water partition coefficient (Wildman–Crippen LogP) is 5.73. The highest BCUT2D eigenvalue weighted by Gasteiger charge is 2.19. The summed E-state index contributed by atoms with van der Waals surface area (Å²) in [7, 11) is -3.84. The van der Waals surface area contributed by atoms with E-state index in [2.05, 4.69) is 10.0 Å². The molecule has 0 bridgehead atoms. The van der Waals surface area contributed by atoms with Gasteiger partial charge in [0.15, 0.2) is 0 Å². The third kappa shape index (κ3) is 6.76. The van der Waals surface area contributed by atoms with Gasteiger partial charge in [-0.3, -0.25) is 9.52 Å². The highest BCUT2D eigenvalue weighted by Crippen LogP contribution is 2.23. The van der Waals surface area contributed by atoms with E-state index in [0.717, 1.165) is 27.5 Å². The molecule has 3 rings (SSSR count). The van der Waals surface area contributed by atoms with E-state index in [0.29, 0.717) is 29.1 Å². The summed E-state index contributed by atoms with van der Waals surface area (Å²) in [4.78, 5) is 12.7. The van der Waals surface area contributed by atoms with Crippen molar-refractivity contribution in [2.24, 2.45) is 0 Å². The molecule has 0 radical (unpaired) electrons. The van der Waals surface area contributed by atoms with Crippen molar-refractivity contribution in [3.63, 3.8) is 0 Å². The van der Waals surface area contributed by atoms with E-state index >= 15 is 0 Å². The molecule has 3 aromatic rings. The van der Waals surface area contributed by atoms with Gasteiger partial charge < -0.3 is 5.32 Å². The summed E-state index contributed by atoms with van der Waals surface area (Å²) in [5.74, 6) is 1.16. The summed E-state index contributed by atoms with van der Waals surface area (Å²) in [5.41, 5.74) is 4.49. The van der Waals surface area contributed by atoms with Gasteiger partial charge >= 0.3 is 0 Å². The molecule has 0 unspecified atom stereocenters. The molecule has 0 aliphatic heterocycles. The summed E-state index contributed by atoms with van der Waals surface area (Å²) >= 11 is 7.83. The average Bonchev–Trinajstić information content (AvgIpc) is 2.77. The summed E-state index contributed by atoms with van der Waals surface area (Å²) in [6.07, 6.45) is 0. The molecule has 0 fully saturated rings. The number of rotatable bonds is 9. The molecule has 0 spiro atoms. The van der Waals surface area contributed by atoms with Crippen LogP contribution in [0.2, 0.25) is 5.02 Å². The highest BCUT2D eigenvalue weighted by atomic mass is 35.5. The van der Waals surface area contributed by atoms with E-state index < -0.39 is 10.0 Å². The zero-order valence-corrected chi connectivity index (χ0v) is 21.2. The van der Waals surface area contributed by atoms with Gasteiger partial charge in [0.05, 0.1) is 4.90 Å². The van der Waals surface area contributed by atoms with E-state index in [9.17, 15) is 13.2 Å². The van der Waals surface area contributed by atoms with Crippen molar-refractivity contribution < 1.29 is 13.2 Å². The first-order valence-corrected chi connectivity index (χ1v) is 13.5. The molecule has 174 valence electrons. The van der Waals surface area contributed by atoms with Crippen LogP contribution in [0.5, 0.6) is 0 Å². The van der Waals surface area contributed by atoms with Gasteiger partial charge in [-0.25, -0.2) is 8.42 Å². The number of aryl methyl sites for hydroxylation is 3. The van der Waals surface area contributed by atoms with Crippen molar-refractivity contribution in [3.8, 4) is 0 Å². The molecule has 1 amide bonds. The number of hydrogen-bond acceptors (Lipinski definition) is 4. The molecule has 5 nitrogen and oxygen atoms in total. The lowest BCUT2D eigenvalue weighted by atomic mass is 10.1. The third-order valence-electron chi connectivity index (χ3n) is 5.25. The summed E-state index contributed by atoms with van der Waals surface area (Å²) < 4.78 is 28.6. The van der Waals surface area contributed by atoms with Gasteiger partial charge in [0.1, 0.15) is 0 Å². The van der Waals surface area contributed by atoms with Crippen molar-refractivity contribution >= 4 is 45.0 Å². The average molecular weight is 503 g/mol. The fraction of sp³-hybridized carbons (Fsp3) is 0.240. The second-order valence-corrected chi connectivity index (χ2v) is 10.9. The quantitative estimate of drug-likeness (QED) is 0.366. The number of benzene rings is 3. The van der Waals surface area contributed by atoms with Gasteiger partial charge in [-0.1, -0.05) is 41.9 Å². The minimum atomic E-state index is -3.84. The number of nitrogens with one attached hydrogen (secondary N) is 2. The van der Waals surface area contributed by atoms with E-state index in [4.69, 9.17) is 11.6 Å². The number of amides is 1. The van der Waals surface area contributed by atoms with Crippen LogP contribution >= 0.6 is 23.4 Å². The molecule has 0 aliphatic rings. The van der Waals surface area contributed by atoms with Crippen LogP contribution in [-0.4, -0.2) is 26.6 Å². The van der Waals surface area contributed by atoms with Gasteiger partial charge in [0.25, 0.3) is 15.9 Å². The third-order valence-corrected chi connectivity index (χ3v) is 8.15. The molecular weight excluding hydrogens is 476 g/mol. The van der Waals surface area contributed by atoms with Crippen LogP contribution in [0.25, 0.3) is 0 Å². The van der Waals surface area contributed by atoms with E-state index in [1.807, 2.05) is 44.2 Å². The molecule has 0 saturated carbocycles. The van der Waals surface area contributed by atoms with Crippen molar-refractivity contribution in [2.75, 3.05) is 17.0 Å². The lowest BCUT2D eigenvalue weighted by Gasteiger charge is -2.13. The fourth-order valence-electron chi connectivity index (χ4n) is 3.18. The van der Waals surface area contributed by atoms with Gasteiger partial charge in [0, 0.05) is 34.3 Å². The van der Waals surface area contributed by atoms with E-state index in [1.54, 1.807) is 43.0 Å². The Morgan fingerprint density at radius 3 is 2.39 bits per heavy atom. The van der Waals surface area contributed by atoms with Gasteiger partial charge in [-0.15, -0.1) is 0 Å². The highest BCUT2D eigenvalue weighted by molar-refractivity contribution is 7.98. The lowest BCUT2D eigenvalue weighted by molar-refractivity contribution is 0.0956. The smallest absolute Gasteiger partial charge is 0.262 e. The molecule has 2 N–H and O–H groups in total. The predicted molar refractivity (Wildman–Crippen MR) is 138 cm³/mol. The maximum absolute atomic E-state index is 13.0. The molecule has 0 atom stereocenters. The maximum atomic E-state index is 13.0. The molecule has 0 heterocycles. The number of thioether (sulfide) groups is 1. The molecule has 8 heteroatoms. The van der Waals surface area contributed by atoms with Crippen LogP contribution in [0.15, 0.2) is 65.6 Å². The number of hydrogen-bond donors (Lipinski definition) is 2. The molecular formula is C25H27ClN2O3S2. The normalized spacial score (nSPS) is 11.3. The minimum Gasteiger partial charge on any atom is -0.351 e. The zero-order valence-electron chi connectivity index (χ0n) is 18.8. The van der Waals surface area contributed by atoms with Crippen molar-refractivity contribution in [1.82, 2.24) is 5.32 Å². The van der Waals surface area contributed by atoms with Gasteiger partial charge in [-0.2, -0.15) is 11.8 Å². The first-order valence-electron chi connectivity index (χ1n) is 10.5. The van der Waals surface area contributed by atoms with Crippen molar-refractivity contribution in [1.29, 1.82) is 0 Å². The molecule has 0 saturated heterocycles. The number of carbonyl (C=O) groups is 1. The van der Waals surface area contributed by atoms with E-state index in [1.165, 1.54) is 6.07 Å². The van der Waals surface area contributed by atoms with Crippen LogP contribution in [0.4, 0.5) is 5.69 Å². The van der Waals surface area contributed by atoms with Crippen molar-refractivity contribution in [2.45, 2.75) is 31.4 Å². The Morgan fingerprint density at radius 2 is 1.67 bits per heavy atom. The van der Waals surface area contributed by atoms with E-state index in [-0.39, 0.29) is 10.8 Å². The summed E-state index contributed by atoms with van der Waals surface area (Å²) in [5, 5.41) is 3.59. The monoisotopic (exact) mass is 502 g/mol. The Morgan fingerprint density at radius 1 is 0.939 bits per heavy atom. The first kappa shape index (κ1) is 25.1. The fourth-order valence-corrected chi connectivity index (χ4v) is 5.65. The Labute approximate surface area is 205 Å². The molecule has 0 aliphatic carbocycles. The lowest BCUT2D eigenvalue weighted by Crippen LogP contribution is -2.26. The molecule has 33 heavy (non-hydrogen) atoms. The number of sulfonamides is 1. The van der Waals surface area contributed by atoms with Crippen molar-refractivity contribution in [3.05, 3.63) is 93.5 Å². The Kier molecular flexibility index (Phi) is 8.46. The second-order valence-electron chi connectivity index (χ2n) is 7.78. The second kappa shape index (κ2) is 11.1. The van der Waals surface area contributed by atoms with Crippen LogP contribution < -0.4 is 10.0 Å². The van der Waals surface area contributed by atoms with Gasteiger partial charge in [0.2, 0.25) is 0 Å². The van der Waals surface area contributed by atoms with Crippen LogP contribution in [0.1, 0.15) is 32.6 Å². The molecule has 0 aromatic heterocycles. The number of carbonyl (C=O) groups excluding carboxylic acids is 1. The van der Waals surface area contributed by atoms with Crippen LogP contribution in [-0.2, 0) is 15.8 Å². The zero-order chi connectivity index (χ0) is 24.0. The van der Waals surface area contributed by atoms with Crippen LogP contribution in [0, 0.1) is 20.8 Å². The number of anilines is 1. The Hall–Kier alpha value is -2.48. The largest absolute Gasteiger partial charge is 0.351 e. The summed E-state index contributed by atoms with van der Waals surface area (Å²) in [6.45, 7) is 6.07. The SMILES string of the molecule is Cc1ccc(NS(=O)(=O)c2cc(C(=O)NCCSCc3ccccc3Cl)ccc2C)cc1C. The minimum absolute atomic E-state index is 0.0847.